The third-order valence-electron chi connectivity index (χ3n) is 0. The van der Waals surface area contributed by atoms with Gasteiger partial charge in [-0.15, -0.1) is 0 Å². The van der Waals surface area contributed by atoms with E-state index in [1.165, 1.54) is 0 Å². The molecule has 12 nitrogen and oxygen atoms in total. The number of rotatable bonds is 0. The standard InChI is InChI=1S/Ca.12O.Pb.4Ti.Zr/q+2;;;;;8*-1;+2;;;;;+4. The first-order valence-corrected chi connectivity index (χ1v) is 10.1. The monoisotopic (exact) mass is 722 g/mol. The SMILES string of the molecule is [Ca+2].[O]=[Ti]([O-])[O-].[O]=[Ti]([O-])[O-].[O]=[Ti]([O-])[O-].[O]=[Ti]([O-])[O-].[Pb+2].[Zr+4]. The zero-order valence-electron chi connectivity index (χ0n) is 8.61. The third-order valence-corrected chi connectivity index (χ3v) is 0. The smallest absolute Gasteiger partial charge is 2.00 e. The predicted molar refractivity (Wildman–Crippen MR) is 14.3 cm³/mol. The molecule has 0 aliphatic carbocycles. The zero-order valence-corrected chi connectivity index (χ0v) is 23.4. The Bertz CT molecular complexity index is 170. The first-order valence-electron chi connectivity index (χ1n) is 2.45. The Kier molecular flexibility index (Phi) is 88.6. The minimum Gasteiger partial charge on any atom is 2.00 e. The van der Waals surface area contributed by atoms with E-state index in [1.54, 1.807) is 0 Å². The van der Waals surface area contributed by atoms with Crippen molar-refractivity contribution < 1.29 is 143 Å². The summed E-state index contributed by atoms with van der Waals surface area (Å²) >= 11 is -16.3. The Hall–Kier alpha value is 4.80. The van der Waals surface area contributed by atoms with Gasteiger partial charge in [-0.2, -0.15) is 0 Å². The molecule has 0 aliphatic rings. The summed E-state index contributed by atoms with van der Waals surface area (Å²) in [6.45, 7) is 0. The molecule has 0 N–H and O–H groups in total. The molecule has 0 saturated heterocycles. The third kappa shape index (κ3) is 428. The fourth-order valence-corrected chi connectivity index (χ4v) is 0. The maximum absolute atomic E-state index is 8.58. The molecule has 19 heteroatoms. The summed E-state index contributed by atoms with van der Waals surface area (Å²) in [5.74, 6) is 0. The van der Waals surface area contributed by atoms with Gasteiger partial charge in [0.2, 0.25) is 0 Å². The molecule has 0 spiro atoms. The van der Waals surface area contributed by atoms with E-state index in [1.807, 2.05) is 0 Å². The van der Waals surface area contributed by atoms with Crippen molar-refractivity contribution in [1.82, 2.24) is 0 Å². The molecule has 0 heterocycles. The average molecular weight is 722 g/mol. The Morgan fingerprint density at radius 3 is 0.474 bits per heavy atom. The molecule has 0 aliphatic heterocycles. The molecule has 0 aromatic carbocycles. The normalized spacial score (nSPS) is 5.47. The van der Waals surface area contributed by atoms with Crippen molar-refractivity contribution in [3.8, 4) is 0 Å². The van der Waals surface area contributed by atoms with E-state index in [-0.39, 0.29) is 91.2 Å². The van der Waals surface area contributed by atoms with Crippen LogP contribution >= 0.6 is 0 Å². The fraction of sp³-hybridized carbons (Fsp3) is 0. The average Bonchev–Trinajstić information content (AvgIpc) is 1.76. The fourth-order valence-electron chi connectivity index (χ4n) is 0. The van der Waals surface area contributed by atoms with Crippen LogP contribution in [0.25, 0.3) is 0 Å². The molecule has 0 atom stereocenters. The van der Waals surface area contributed by atoms with Crippen molar-refractivity contribution in [2.24, 2.45) is 0 Å². The maximum atomic E-state index is 8.58. The molecular formula is CaO12PbTi4Zr. The Morgan fingerprint density at radius 2 is 0.474 bits per heavy atom. The predicted octanol–water partition coefficient (Wildman–Crippen LogP) is -10.8. The van der Waals surface area contributed by atoms with Gasteiger partial charge in [-0.05, 0) is 0 Å². The van der Waals surface area contributed by atoms with Crippen LogP contribution in [0.3, 0.4) is 0 Å². The first kappa shape index (κ1) is 43.8. The van der Waals surface area contributed by atoms with Gasteiger partial charge >= 0.3 is 209 Å². The second-order valence-corrected chi connectivity index (χ2v) is 4.12. The van der Waals surface area contributed by atoms with Crippen LogP contribution in [0.4, 0.5) is 0 Å². The van der Waals surface area contributed by atoms with Crippen molar-refractivity contribution in [2.75, 3.05) is 0 Å². The van der Waals surface area contributed by atoms with Crippen molar-refractivity contribution in [3.63, 3.8) is 0 Å². The van der Waals surface area contributed by atoms with Gasteiger partial charge in [0.05, 0.1) is 0 Å². The van der Waals surface area contributed by atoms with Crippen LogP contribution < -0.4 is 29.5 Å². The van der Waals surface area contributed by atoms with Crippen LogP contribution in [-0.4, -0.2) is 65.0 Å². The molecule has 0 amide bonds. The molecule has 0 saturated carbocycles. The van der Waals surface area contributed by atoms with Crippen LogP contribution in [0.15, 0.2) is 0 Å². The molecule has 0 unspecified atom stereocenters. The van der Waals surface area contributed by atoms with E-state index >= 15 is 0 Å². The van der Waals surface area contributed by atoms with Crippen LogP contribution in [0, 0.1) is 0 Å². The Morgan fingerprint density at radius 1 is 0.474 bits per heavy atom. The minimum atomic E-state index is -4.08. The largest absolute Gasteiger partial charge is 4.00 e. The second-order valence-electron chi connectivity index (χ2n) is 1.00. The Labute approximate surface area is 203 Å². The van der Waals surface area contributed by atoms with Gasteiger partial charge in [0.25, 0.3) is 0 Å². The van der Waals surface area contributed by atoms with E-state index in [0.29, 0.717) is 0 Å². The van der Waals surface area contributed by atoms with Gasteiger partial charge in [0.15, 0.2) is 0 Å². The van der Waals surface area contributed by atoms with Crippen molar-refractivity contribution in [3.05, 3.63) is 0 Å². The maximum Gasteiger partial charge on any atom is 4.00 e. The molecule has 0 fully saturated rings. The summed E-state index contributed by atoms with van der Waals surface area (Å²) in [4.78, 5) is 0. The molecular weight excluding hydrogens is 722 g/mol. The van der Waals surface area contributed by atoms with Gasteiger partial charge in [-0.3, -0.25) is 0 Å². The van der Waals surface area contributed by atoms with Crippen molar-refractivity contribution in [2.45, 2.75) is 0 Å². The van der Waals surface area contributed by atoms with Gasteiger partial charge in [-0.1, -0.05) is 0 Å². The molecule has 98 valence electrons. The van der Waals surface area contributed by atoms with Crippen LogP contribution in [0.5, 0.6) is 0 Å². The molecule has 19 heavy (non-hydrogen) atoms. The second kappa shape index (κ2) is 38.4. The van der Waals surface area contributed by atoms with Crippen molar-refractivity contribution in [1.29, 1.82) is 0 Å². The van der Waals surface area contributed by atoms with Gasteiger partial charge < -0.3 is 0 Å². The number of hydrogen-bond donors (Lipinski definition) is 0. The van der Waals surface area contributed by atoms with Crippen molar-refractivity contribution >= 4 is 65.0 Å². The summed E-state index contributed by atoms with van der Waals surface area (Å²) in [5.41, 5.74) is 0. The first-order chi connectivity index (χ1) is 6.93. The van der Waals surface area contributed by atoms with Crippen LogP contribution in [0.2, 0.25) is 0 Å². The van der Waals surface area contributed by atoms with Gasteiger partial charge in [0.1, 0.15) is 0 Å². The summed E-state index contributed by atoms with van der Waals surface area (Å²) < 4.78 is 103. The number of hydrogen-bond acceptors (Lipinski definition) is 12. The Balaban J connectivity index is -0.0000000192. The molecule has 2 radical (unpaired) electrons. The van der Waals surface area contributed by atoms with E-state index in [2.05, 4.69) is 0 Å². The molecule has 0 aromatic rings. The van der Waals surface area contributed by atoms with Crippen LogP contribution in [-0.2, 0) is 114 Å². The van der Waals surface area contributed by atoms with E-state index in [9.17, 15) is 0 Å². The van der Waals surface area contributed by atoms with Crippen LogP contribution in [0.1, 0.15) is 0 Å². The summed E-state index contributed by atoms with van der Waals surface area (Å²) in [6.07, 6.45) is 0. The quantitative estimate of drug-likeness (QED) is 0.212. The zero-order chi connectivity index (χ0) is 14.3. The topological polar surface area (TPSA) is 253 Å². The van der Waals surface area contributed by atoms with E-state index in [4.69, 9.17) is 42.8 Å². The minimum absolute atomic E-state index is 0. The molecule has 0 aromatic heterocycles. The summed E-state index contributed by atoms with van der Waals surface area (Å²) in [5, 5.41) is 0. The van der Waals surface area contributed by atoms with Gasteiger partial charge in [-0.25, -0.2) is 0 Å². The summed E-state index contributed by atoms with van der Waals surface area (Å²) in [7, 11) is 0. The molecule has 0 rings (SSSR count). The van der Waals surface area contributed by atoms with Gasteiger partial charge in [0, 0.05) is 0 Å². The molecule has 0 bridgehead atoms. The summed E-state index contributed by atoms with van der Waals surface area (Å²) in [6, 6.07) is 0. The van der Waals surface area contributed by atoms with E-state index < -0.39 is 74.5 Å². The van der Waals surface area contributed by atoms with E-state index in [0.717, 1.165) is 0 Å².